The second kappa shape index (κ2) is 5.65. The Morgan fingerprint density at radius 1 is 1.45 bits per heavy atom. The van der Waals surface area contributed by atoms with Crippen LogP contribution in [0.5, 0.6) is 0 Å². The van der Waals surface area contributed by atoms with Crippen LogP contribution in [0, 0.1) is 12.7 Å². The van der Waals surface area contributed by atoms with Crippen LogP contribution in [0.15, 0.2) is 27.6 Å². The lowest BCUT2D eigenvalue weighted by molar-refractivity contribution is 0.275. The van der Waals surface area contributed by atoms with Gasteiger partial charge in [-0.05, 0) is 25.1 Å². The van der Waals surface area contributed by atoms with E-state index >= 15 is 0 Å². The molecule has 0 saturated heterocycles. The van der Waals surface area contributed by atoms with Gasteiger partial charge in [0.05, 0.1) is 18.0 Å². The molecule has 2 rings (SSSR count). The smallest absolute Gasteiger partial charge is 0.241 e. The van der Waals surface area contributed by atoms with Crippen LogP contribution in [0.3, 0.4) is 0 Å². The van der Waals surface area contributed by atoms with E-state index in [1.165, 1.54) is 0 Å². The van der Waals surface area contributed by atoms with Crippen molar-refractivity contribution in [2.75, 3.05) is 0 Å². The van der Waals surface area contributed by atoms with Gasteiger partial charge in [0.2, 0.25) is 15.9 Å². The van der Waals surface area contributed by atoms with E-state index in [2.05, 4.69) is 14.9 Å². The number of nitrogens with zero attached hydrogens (tertiary/aromatic N) is 2. The van der Waals surface area contributed by atoms with Crippen LogP contribution < -0.4 is 4.72 Å². The van der Waals surface area contributed by atoms with Crippen LogP contribution in [-0.2, 0) is 23.2 Å². The van der Waals surface area contributed by atoms with E-state index < -0.39 is 22.4 Å². The first kappa shape index (κ1) is 14.6. The van der Waals surface area contributed by atoms with Gasteiger partial charge < -0.3 is 9.63 Å². The van der Waals surface area contributed by atoms with Gasteiger partial charge in [0.25, 0.3) is 0 Å². The Bertz CT molecular complexity index is 714. The summed E-state index contributed by atoms with van der Waals surface area (Å²) in [6.07, 6.45) is 0. The molecular formula is C11H12FN3O4S. The molecule has 0 fully saturated rings. The maximum absolute atomic E-state index is 13.2. The summed E-state index contributed by atoms with van der Waals surface area (Å²) in [7, 11) is -3.85. The highest BCUT2D eigenvalue weighted by Gasteiger charge is 2.17. The van der Waals surface area contributed by atoms with Gasteiger partial charge in [0, 0.05) is 5.56 Å². The van der Waals surface area contributed by atoms with Gasteiger partial charge in [-0.25, -0.2) is 17.5 Å². The Morgan fingerprint density at radius 3 is 2.80 bits per heavy atom. The van der Waals surface area contributed by atoms with Crippen molar-refractivity contribution in [3.63, 3.8) is 0 Å². The second-order valence-electron chi connectivity index (χ2n) is 3.97. The molecule has 2 aromatic rings. The van der Waals surface area contributed by atoms with Crippen LogP contribution in [0.2, 0.25) is 0 Å². The van der Waals surface area contributed by atoms with Crippen molar-refractivity contribution in [1.82, 2.24) is 14.9 Å². The number of nitrogens with one attached hydrogen (secondary N) is 1. The van der Waals surface area contributed by atoms with E-state index in [0.29, 0.717) is 5.82 Å². The lowest BCUT2D eigenvalue weighted by Gasteiger charge is -2.06. The normalized spacial score (nSPS) is 11.8. The van der Waals surface area contributed by atoms with Gasteiger partial charge in [0.15, 0.2) is 5.82 Å². The molecule has 2 N–H and O–H groups in total. The number of sulfonamides is 1. The molecule has 0 spiro atoms. The molecular weight excluding hydrogens is 289 g/mol. The predicted octanol–water partition coefficient (Wildman–Crippen LogP) is 0.488. The summed E-state index contributed by atoms with van der Waals surface area (Å²) in [5.74, 6) is -0.155. The zero-order valence-corrected chi connectivity index (χ0v) is 11.3. The van der Waals surface area contributed by atoms with E-state index in [1.807, 2.05) is 0 Å². The minimum Gasteiger partial charge on any atom is -0.392 e. The van der Waals surface area contributed by atoms with E-state index in [9.17, 15) is 12.8 Å². The van der Waals surface area contributed by atoms with Gasteiger partial charge in [-0.3, -0.25) is 0 Å². The fraction of sp³-hybridized carbons (Fsp3) is 0.273. The molecule has 0 radical (unpaired) electrons. The number of aliphatic hydroxyl groups excluding tert-OH is 1. The number of aryl methyl sites for hydroxylation is 1. The fourth-order valence-electron chi connectivity index (χ4n) is 1.49. The highest BCUT2D eigenvalue weighted by atomic mass is 32.2. The van der Waals surface area contributed by atoms with Crippen LogP contribution in [0.4, 0.5) is 4.39 Å². The zero-order chi connectivity index (χ0) is 14.8. The number of aromatic nitrogens is 2. The summed E-state index contributed by atoms with van der Waals surface area (Å²) in [4.78, 5) is 3.70. The number of hydrogen-bond acceptors (Lipinski definition) is 6. The molecule has 1 aromatic heterocycles. The summed E-state index contributed by atoms with van der Waals surface area (Å²) in [6.45, 7) is 0.849. The van der Waals surface area contributed by atoms with E-state index in [-0.39, 0.29) is 22.9 Å². The number of rotatable bonds is 5. The van der Waals surface area contributed by atoms with Gasteiger partial charge in [-0.1, -0.05) is 5.16 Å². The number of aliphatic hydroxyl groups is 1. The minimum absolute atomic E-state index is 0.0958. The van der Waals surface area contributed by atoms with Crippen molar-refractivity contribution in [1.29, 1.82) is 0 Å². The van der Waals surface area contributed by atoms with Crippen LogP contribution in [-0.4, -0.2) is 23.7 Å². The topological polar surface area (TPSA) is 105 Å². The summed E-state index contributed by atoms with van der Waals surface area (Å²) in [5, 5.41) is 12.5. The summed E-state index contributed by atoms with van der Waals surface area (Å²) in [5.41, 5.74) is -0.0958. The van der Waals surface area contributed by atoms with Gasteiger partial charge in [-0.2, -0.15) is 4.98 Å². The molecule has 9 heteroatoms. The Kier molecular flexibility index (Phi) is 4.12. The average Bonchev–Trinajstić information content (AvgIpc) is 2.83. The van der Waals surface area contributed by atoms with Crippen molar-refractivity contribution in [3.8, 4) is 0 Å². The molecule has 7 nitrogen and oxygen atoms in total. The zero-order valence-electron chi connectivity index (χ0n) is 10.5. The van der Waals surface area contributed by atoms with Crippen molar-refractivity contribution < 1.29 is 22.4 Å². The number of benzene rings is 1. The van der Waals surface area contributed by atoms with E-state index in [4.69, 9.17) is 9.63 Å². The molecule has 0 aliphatic heterocycles. The lowest BCUT2D eigenvalue weighted by Crippen LogP contribution is -2.23. The van der Waals surface area contributed by atoms with Gasteiger partial charge in [-0.15, -0.1) is 0 Å². The summed E-state index contributed by atoms with van der Waals surface area (Å²) < 4.78 is 44.2. The van der Waals surface area contributed by atoms with Crippen LogP contribution in [0.1, 0.15) is 17.3 Å². The monoisotopic (exact) mass is 301 g/mol. The van der Waals surface area contributed by atoms with E-state index in [1.54, 1.807) is 6.92 Å². The maximum atomic E-state index is 13.2. The van der Waals surface area contributed by atoms with Crippen molar-refractivity contribution in [2.24, 2.45) is 0 Å². The molecule has 0 saturated carbocycles. The van der Waals surface area contributed by atoms with Crippen LogP contribution >= 0.6 is 0 Å². The quantitative estimate of drug-likeness (QED) is 0.832. The Labute approximate surface area is 114 Å². The van der Waals surface area contributed by atoms with Crippen molar-refractivity contribution in [3.05, 3.63) is 41.3 Å². The first-order valence-corrected chi connectivity index (χ1v) is 7.09. The van der Waals surface area contributed by atoms with E-state index in [0.717, 1.165) is 18.2 Å². The third kappa shape index (κ3) is 3.18. The first-order valence-electron chi connectivity index (χ1n) is 5.60. The van der Waals surface area contributed by atoms with Crippen molar-refractivity contribution in [2.45, 2.75) is 25.0 Å². The molecule has 20 heavy (non-hydrogen) atoms. The van der Waals surface area contributed by atoms with Gasteiger partial charge >= 0.3 is 0 Å². The van der Waals surface area contributed by atoms with Crippen LogP contribution in [0.25, 0.3) is 0 Å². The molecule has 0 bridgehead atoms. The average molecular weight is 301 g/mol. The molecule has 0 aliphatic carbocycles. The molecule has 0 aliphatic rings. The second-order valence-corrected chi connectivity index (χ2v) is 5.74. The van der Waals surface area contributed by atoms with Gasteiger partial charge in [0.1, 0.15) is 5.82 Å². The number of halogens is 1. The molecule has 1 heterocycles. The standard InChI is InChI=1S/C11H12FN3O4S/c1-7-14-11(19-15-7)5-13-20(17,18)9-2-3-10(12)8(4-9)6-16/h2-4,13,16H,5-6H2,1H3. The Balaban J connectivity index is 2.17. The molecule has 108 valence electrons. The molecule has 0 unspecified atom stereocenters. The Hall–Kier alpha value is -1.84. The largest absolute Gasteiger partial charge is 0.392 e. The molecule has 0 amide bonds. The third-order valence-corrected chi connectivity index (χ3v) is 3.88. The predicted molar refractivity (Wildman–Crippen MR) is 65.4 cm³/mol. The van der Waals surface area contributed by atoms with Crippen molar-refractivity contribution >= 4 is 10.0 Å². The highest BCUT2D eigenvalue weighted by molar-refractivity contribution is 7.89. The highest BCUT2D eigenvalue weighted by Crippen LogP contribution is 2.15. The Morgan fingerprint density at radius 2 is 2.20 bits per heavy atom. The third-order valence-electron chi connectivity index (χ3n) is 2.48. The lowest BCUT2D eigenvalue weighted by atomic mass is 10.2. The fourth-order valence-corrected chi connectivity index (χ4v) is 2.52. The summed E-state index contributed by atoms with van der Waals surface area (Å²) in [6, 6.07) is 3.16. The molecule has 1 aromatic carbocycles. The minimum atomic E-state index is -3.85. The summed E-state index contributed by atoms with van der Waals surface area (Å²) >= 11 is 0. The molecule has 0 atom stereocenters. The maximum Gasteiger partial charge on any atom is 0.241 e. The SMILES string of the molecule is Cc1noc(CNS(=O)(=O)c2ccc(F)c(CO)c2)n1. The first-order chi connectivity index (χ1) is 9.42. The number of hydrogen-bond donors (Lipinski definition) is 2.